The molecule has 2 aliphatic heterocycles. The first-order chi connectivity index (χ1) is 11.5. The van der Waals surface area contributed by atoms with Crippen molar-refractivity contribution in [3.8, 4) is 0 Å². The molecule has 0 bridgehead atoms. The fourth-order valence-corrected chi connectivity index (χ4v) is 7.12. The van der Waals surface area contributed by atoms with Gasteiger partial charge in [-0.15, -0.1) is 0 Å². The molecule has 3 aliphatic rings. The van der Waals surface area contributed by atoms with Crippen LogP contribution in [-0.4, -0.2) is 38.6 Å². The maximum atomic E-state index is 13.4. The molecule has 1 aromatic carbocycles. The lowest BCUT2D eigenvalue weighted by atomic mass is 9.93. The van der Waals surface area contributed by atoms with Crippen molar-refractivity contribution >= 4 is 15.7 Å². The molecule has 1 N–H and O–H groups in total. The van der Waals surface area contributed by atoms with E-state index in [1.807, 2.05) is 18.2 Å². The summed E-state index contributed by atoms with van der Waals surface area (Å²) < 4.78 is 40.5. The third-order valence-electron chi connectivity index (χ3n) is 6.07. The van der Waals surface area contributed by atoms with Crippen molar-refractivity contribution in [3.63, 3.8) is 0 Å². The van der Waals surface area contributed by atoms with E-state index in [4.69, 9.17) is 9.47 Å². The molecule has 3 fully saturated rings. The third kappa shape index (κ3) is 2.30. The molecule has 6 heteroatoms. The zero-order chi connectivity index (χ0) is 16.8. The first kappa shape index (κ1) is 16.4. The van der Waals surface area contributed by atoms with E-state index in [1.165, 1.54) is 0 Å². The summed E-state index contributed by atoms with van der Waals surface area (Å²) in [6.45, 7) is 3.44. The lowest BCUT2D eigenvalue weighted by Crippen LogP contribution is -2.47. The molecule has 4 atom stereocenters. The van der Waals surface area contributed by atoms with E-state index in [2.05, 4.69) is 11.6 Å². The van der Waals surface area contributed by atoms with Gasteiger partial charge in [-0.3, -0.25) is 4.72 Å². The molecule has 132 valence electrons. The van der Waals surface area contributed by atoms with Gasteiger partial charge in [-0.2, -0.15) is 0 Å². The van der Waals surface area contributed by atoms with Crippen LogP contribution in [0.1, 0.15) is 39.0 Å². The third-order valence-corrected chi connectivity index (χ3v) is 8.40. The maximum Gasteiger partial charge on any atom is 0.241 e. The summed E-state index contributed by atoms with van der Waals surface area (Å²) in [6.07, 6.45) is 4.05. The number of benzene rings is 1. The smallest absolute Gasteiger partial charge is 0.241 e. The Labute approximate surface area is 143 Å². The average molecular weight is 351 g/mol. The van der Waals surface area contributed by atoms with Crippen molar-refractivity contribution < 1.29 is 17.9 Å². The van der Waals surface area contributed by atoms with Gasteiger partial charge in [-0.25, -0.2) is 8.42 Å². The van der Waals surface area contributed by atoms with Crippen LogP contribution in [0.3, 0.4) is 0 Å². The molecule has 0 radical (unpaired) electrons. The highest BCUT2D eigenvalue weighted by atomic mass is 32.2. The number of nitrogens with one attached hydrogen (secondary N) is 1. The average Bonchev–Trinajstić information content (AvgIpc) is 3.05. The van der Waals surface area contributed by atoms with Crippen LogP contribution >= 0.6 is 0 Å². The van der Waals surface area contributed by atoms with Crippen molar-refractivity contribution in [2.24, 2.45) is 5.41 Å². The summed E-state index contributed by atoms with van der Waals surface area (Å²) in [7, 11) is -3.59. The van der Waals surface area contributed by atoms with Gasteiger partial charge in [0.1, 0.15) is 4.75 Å². The lowest BCUT2D eigenvalue weighted by molar-refractivity contribution is 0.0313. The van der Waals surface area contributed by atoms with Gasteiger partial charge in [-0.05, 0) is 44.2 Å². The number of sulfonamides is 1. The van der Waals surface area contributed by atoms with Crippen molar-refractivity contribution in [1.29, 1.82) is 0 Å². The van der Waals surface area contributed by atoms with Crippen LogP contribution in [0.25, 0.3) is 0 Å². The first-order valence-electron chi connectivity index (χ1n) is 8.80. The highest BCUT2D eigenvalue weighted by molar-refractivity contribution is 7.94. The van der Waals surface area contributed by atoms with E-state index in [0.29, 0.717) is 18.7 Å². The van der Waals surface area contributed by atoms with Gasteiger partial charge in [0.15, 0.2) is 0 Å². The van der Waals surface area contributed by atoms with Gasteiger partial charge in [0.05, 0.1) is 12.2 Å². The van der Waals surface area contributed by atoms with Crippen molar-refractivity contribution in [1.82, 2.24) is 0 Å². The van der Waals surface area contributed by atoms with Crippen LogP contribution in [0, 0.1) is 5.41 Å². The van der Waals surface area contributed by atoms with E-state index in [0.717, 1.165) is 32.3 Å². The fourth-order valence-electron chi connectivity index (χ4n) is 4.72. The Kier molecular flexibility index (Phi) is 3.90. The predicted molar refractivity (Wildman–Crippen MR) is 92.4 cm³/mol. The van der Waals surface area contributed by atoms with Crippen molar-refractivity contribution in [2.45, 2.75) is 56.0 Å². The van der Waals surface area contributed by atoms with Crippen LogP contribution in [0.4, 0.5) is 5.69 Å². The molecule has 0 amide bonds. The number of hydrogen-bond acceptors (Lipinski definition) is 4. The van der Waals surface area contributed by atoms with Gasteiger partial charge >= 0.3 is 0 Å². The first-order valence-corrected chi connectivity index (χ1v) is 10.3. The molecule has 24 heavy (non-hydrogen) atoms. The lowest BCUT2D eigenvalue weighted by Gasteiger charge is -2.31. The highest BCUT2D eigenvalue weighted by Gasteiger charge is 2.79. The van der Waals surface area contributed by atoms with Gasteiger partial charge in [-0.1, -0.05) is 25.1 Å². The zero-order valence-corrected chi connectivity index (χ0v) is 14.8. The van der Waals surface area contributed by atoms with Crippen LogP contribution in [-0.2, 0) is 19.5 Å². The van der Waals surface area contributed by atoms with Crippen molar-refractivity contribution in [3.05, 3.63) is 30.3 Å². The van der Waals surface area contributed by atoms with E-state index in [1.54, 1.807) is 12.1 Å². The van der Waals surface area contributed by atoms with Crippen LogP contribution in [0.5, 0.6) is 0 Å². The summed E-state index contributed by atoms with van der Waals surface area (Å²) in [5.41, 5.74) is 0.232. The molecule has 2 saturated heterocycles. The molecule has 4 unspecified atom stereocenters. The van der Waals surface area contributed by atoms with E-state index in [9.17, 15) is 8.42 Å². The van der Waals surface area contributed by atoms with Gasteiger partial charge in [0.25, 0.3) is 0 Å². The van der Waals surface area contributed by atoms with Crippen LogP contribution < -0.4 is 4.72 Å². The molecule has 0 aromatic heterocycles. The molecular formula is C18H25NO4S. The van der Waals surface area contributed by atoms with E-state index >= 15 is 0 Å². The standard InChI is InChI=1S/C18H25NO4S/c1-17(15-9-5-11-22-15)13-18(17,16-10-6-12-23-16)24(20,21)19-14-7-3-2-4-8-14/h2-4,7-8,15-16,19H,5-6,9-13H2,1H3. The summed E-state index contributed by atoms with van der Waals surface area (Å²) in [4.78, 5) is 0. The second kappa shape index (κ2) is 5.71. The second-order valence-corrected chi connectivity index (χ2v) is 9.40. The number of para-hydroxylation sites is 1. The molecule has 0 spiro atoms. The van der Waals surface area contributed by atoms with Crippen molar-refractivity contribution in [2.75, 3.05) is 17.9 Å². The van der Waals surface area contributed by atoms with E-state index < -0.39 is 14.8 Å². The van der Waals surface area contributed by atoms with Gasteiger partial charge in [0, 0.05) is 24.3 Å². The number of rotatable bonds is 5. The van der Waals surface area contributed by atoms with Crippen LogP contribution in [0.15, 0.2) is 30.3 Å². The van der Waals surface area contributed by atoms with Gasteiger partial charge in [0.2, 0.25) is 10.0 Å². The molecule has 1 saturated carbocycles. The fraction of sp³-hybridized carbons (Fsp3) is 0.667. The summed E-state index contributed by atoms with van der Waals surface area (Å²) in [5.74, 6) is 0. The monoisotopic (exact) mass is 351 g/mol. The van der Waals surface area contributed by atoms with E-state index in [-0.39, 0.29) is 17.6 Å². The molecule has 1 aliphatic carbocycles. The second-order valence-electron chi connectivity index (χ2n) is 7.46. The SMILES string of the molecule is CC1(C2CCCO2)CC1(C1CCCO1)S(=O)(=O)Nc1ccccc1. The molecular weight excluding hydrogens is 326 g/mol. The van der Waals surface area contributed by atoms with Gasteiger partial charge < -0.3 is 9.47 Å². The van der Waals surface area contributed by atoms with Crippen LogP contribution in [0.2, 0.25) is 0 Å². The Morgan fingerprint density at radius 2 is 1.67 bits per heavy atom. The Morgan fingerprint density at radius 1 is 1.04 bits per heavy atom. The predicted octanol–water partition coefficient (Wildman–Crippen LogP) is 2.94. The minimum absolute atomic E-state index is 0.00838. The summed E-state index contributed by atoms with van der Waals surface area (Å²) in [6, 6.07) is 9.12. The normalized spacial score (nSPS) is 39.0. The minimum Gasteiger partial charge on any atom is -0.378 e. The molecule has 4 rings (SSSR count). The Balaban J connectivity index is 1.69. The minimum atomic E-state index is -3.59. The highest BCUT2D eigenvalue weighted by Crippen LogP contribution is 2.68. The number of hydrogen-bond donors (Lipinski definition) is 1. The topological polar surface area (TPSA) is 64.6 Å². The Morgan fingerprint density at radius 3 is 2.25 bits per heavy atom. The molecule has 1 aromatic rings. The maximum absolute atomic E-state index is 13.4. The number of anilines is 1. The zero-order valence-electron chi connectivity index (χ0n) is 14.0. The molecule has 2 heterocycles. The molecule has 5 nitrogen and oxygen atoms in total. The Bertz CT molecular complexity index is 695. The largest absolute Gasteiger partial charge is 0.378 e. The Hall–Kier alpha value is -1.11. The summed E-state index contributed by atoms with van der Waals surface area (Å²) in [5, 5.41) is 0. The number of ether oxygens (including phenoxy) is 2. The summed E-state index contributed by atoms with van der Waals surface area (Å²) >= 11 is 0. The quantitative estimate of drug-likeness (QED) is 0.886.